The minimum absolute atomic E-state index is 0.292. The third-order valence-corrected chi connectivity index (χ3v) is 2.09. The van der Waals surface area contributed by atoms with Gasteiger partial charge in [-0.1, -0.05) is 6.07 Å². The summed E-state index contributed by atoms with van der Waals surface area (Å²) in [5.41, 5.74) is 7.59. The fourth-order valence-electron chi connectivity index (χ4n) is 1.43. The van der Waals surface area contributed by atoms with Crippen molar-refractivity contribution in [1.82, 2.24) is 0 Å². The van der Waals surface area contributed by atoms with Crippen molar-refractivity contribution in [3.8, 4) is 5.75 Å². The van der Waals surface area contributed by atoms with Crippen molar-refractivity contribution >= 4 is 0 Å². The van der Waals surface area contributed by atoms with Crippen molar-refractivity contribution in [3.63, 3.8) is 0 Å². The quantitative estimate of drug-likeness (QED) is 0.699. The van der Waals surface area contributed by atoms with E-state index in [0.717, 1.165) is 30.6 Å². The molecule has 0 bridgehead atoms. The Morgan fingerprint density at radius 3 is 2.64 bits per heavy atom. The molecule has 0 fully saturated rings. The number of hydrogen-bond acceptors (Lipinski definition) is 3. The Morgan fingerprint density at radius 1 is 1.29 bits per heavy atom. The standard InChI is InChI=1S/C11H17NO2/c1-14-4-2-3-9-5-10(8-12)7-11(13)6-9/h5-7,13H,2-4,8,12H2,1H3. The highest BCUT2D eigenvalue weighted by atomic mass is 16.5. The van der Waals surface area contributed by atoms with Gasteiger partial charge in [-0.15, -0.1) is 0 Å². The molecule has 1 aromatic carbocycles. The van der Waals surface area contributed by atoms with E-state index in [1.807, 2.05) is 6.07 Å². The number of phenolic OH excluding ortho intramolecular Hbond substituents is 1. The second kappa shape index (κ2) is 5.62. The van der Waals surface area contributed by atoms with E-state index in [1.54, 1.807) is 19.2 Å². The molecule has 0 aliphatic heterocycles. The molecule has 0 aliphatic rings. The lowest BCUT2D eigenvalue weighted by molar-refractivity contribution is 0.195. The highest BCUT2D eigenvalue weighted by molar-refractivity contribution is 5.33. The summed E-state index contributed by atoms with van der Waals surface area (Å²) in [5, 5.41) is 9.39. The summed E-state index contributed by atoms with van der Waals surface area (Å²) in [6, 6.07) is 5.49. The second-order valence-electron chi connectivity index (χ2n) is 3.31. The maximum atomic E-state index is 9.39. The molecule has 0 spiro atoms. The molecule has 3 nitrogen and oxygen atoms in total. The van der Waals surface area contributed by atoms with Crippen LogP contribution in [0.5, 0.6) is 5.75 Å². The second-order valence-corrected chi connectivity index (χ2v) is 3.31. The van der Waals surface area contributed by atoms with Crippen LogP contribution in [0.2, 0.25) is 0 Å². The number of hydrogen-bond donors (Lipinski definition) is 2. The predicted octanol–water partition coefficient (Wildman–Crippen LogP) is 1.43. The lowest BCUT2D eigenvalue weighted by atomic mass is 10.1. The molecule has 0 atom stereocenters. The Labute approximate surface area is 84.5 Å². The van der Waals surface area contributed by atoms with Gasteiger partial charge in [0.25, 0.3) is 0 Å². The average molecular weight is 195 g/mol. The Kier molecular flexibility index (Phi) is 4.43. The third kappa shape index (κ3) is 3.36. The van der Waals surface area contributed by atoms with E-state index in [9.17, 15) is 5.11 Å². The number of aromatic hydroxyl groups is 1. The largest absolute Gasteiger partial charge is 0.508 e. The number of rotatable bonds is 5. The molecule has 0 heterocycles. The Balaban J connectivity index is 2.62. The Hall–Kier alpha value is -1.06. The van der Waals surface area contributed by atoms with Crippen LogP contribution < -0.4 is 5.73 Å². The minimum Gasteiger partial charge on any atom is -0.508 e. The van der Waals surface area contributed by atoms with Crippen molar-refractivity contribution in [3.05, 3.63) is 29.3 Å². The molecule has 3 heteroatoms. The van der Waals surface area contributed by atoms with E-state index >= 15 is 0 Å². The van der Waals surface area contributed by atoms with E-state index in [-0.39, 0.29) is 0 Å². The molecule has 0 aromatic heterocycles. The molecule has 0 unspecified atom stereocenters. The molecule has 0 saturated heterocycles. The van der Waals surface area contributed by atoms with Crippen LogP contribution in [0.15, 0.2) is 18.2 Å². The maximum Gasteiger partial charge on any atom is 0.116 e. The molecule has 0 radical (unpaired) electrons. The van der Waals surface area contributed by atoms with Gasteiger partial charge in [0.05, 0.1) is 0 Å². The fraction of sp³-hybridized carbons (Fsp3) is 0.455. The number of ether oxygens (including phenoxy) is 1. The lowest BCUT2D eigenvalue weighted by Gasteiger charge is -2.05. The van der Waals surface area contributed by atoms with Crippen LogP contribution in [0, 0.1) is 0 Å². The first-order valence-corrected chi connectivity index (χ1v) is 4.77. The van der Waals surface area contributed by atoms with Gasteiger partial charge in [0, 0.05) is 20.3 Å². The summed E-state index contributed by atoms with van der Waals surface area (Å²) in [6.07, 6.45) is 1.87. The molecule has 0 aliphatic carbocycles. The van der Waals surface area contributed by atoms with Gasteiger partial charge < -0.3 is 15.6 Å². The van der Waals surface area contributed by atoms with Crippen molar-refractivity contribution < 1.29 is 9.84 Å². The van der Waals surface area contributed by atoms with Crippen LogP contribution in [0.1, 0.15) is 17.5 Å². The van der Waals surface area contributed by atoms with Gasteiger partial charge in [-0.3, -0.25) is 0 Å². The molecule has 0 saturated carbocycles. The molecule has 78 valence electrons. The van der Waals surface area contributed by atoms with Gasteiger partial charge in [-0.25, -0.2) is 0 Å². The van der Waals surface area contributed by atoms with Gasteiger partial charge in [-0.2, -0.15) is 0 Å². The van der Waals surface area contributed by atoms with Gasteiger partial charge in [0.1, 0.15) is 5.75 Å². The van der Waals surface area contributed by atoms with Crippen LogP contribution in [0.4, 0.5) is 0 Å². The first-order chi connectivity index (χ1) is 6.76. The zero-order valence-corrected chi connectivity index (χ0v) is 8.49. The Morgan fingerprint density at radius 2 is 2.00 bits per heavy atom. The Bertz CT molecular complexity index is 287. The first kappa shape index (κ1) is 11.0. The van der Waals surface area contributed by atoms with Crippen LogP contribution in [0.25, 0.3) is 0 Å². The normalized spacial score (nSPS) is 10.4. The SMILES string of the molecule is COCCCc1cc(O)cc(CN)c1. The number of methoxy groups -OCH3 is 1. The molecule has 3 N–H and O–H groups in total. The summed E-state index contributed by atoms with van der Waals surface area (Å²) >= 11 is 0. The van der Waals surface area contributed by atoms with E-state index < -0.39 is 0 Å². The molecular formula is C11H17NO2. The molecule has 1 aromatic rings. The molecule has 1 rings (SSSR count). The third-order valence-electron chi connectivity index (χ3n) is 2.09. The highest BCUT2D eigenvalue weighted by Crippen LogP contribution is 2.16. The summed E-state index contributed by atoms with van der Waals surface area (Å²) in [6.45, 7) is 1.21. The van der Waals surface area contributed by atoms with E-state index in [1.165, 1.54) is 0 Å². The van der Waals surface area contributed by atoms with Crippen LogP contribution in [-0.2, 0) is 17.7 Å². The maximum absolute atomic E-state index is 9.39. The highest BCUT2D eigenvalue weighted by Gasteiger charge is 1.99. The zero-order chi connectivity index (χ0) is 10.4. The van der Waals surface area contributed by atoms with E-state index in [2.05, 4.69) is 0 Å². The molecule has 0 amide bonds. The molecule has 14 heavy (non-hydrogen) atoms. The number of phenols is 1. The zero-order valence-electron chi connectivity index (χ0n) is 8.49. The summed E-state index contributed by atoms with van der Waals surface area (Å²) in [7, 11) is 1.69. The number of benzene rings is 1. The van der Waals surface area contributed by atoms with Gasteiger partial charge >= 0.3 is 0 Å². The number of aryl methyl sites for hydroxylation is 1. The van der Waals surface area contributed by atoms with E-state index in [4.69, 9.17) is 10.5 Å². The summed E-state index contributed by atoms with van der Waals surface area (Å²) in [4.78, 5) is 0. The predicted molar refractivity (Wildman–Crippen MR) is 56.2 cm³/mol. The van der Waals surface area contributed by atoms with Crippen molar-refractivity contribution in [2.75, 3.05) is 13.7 Å². The number of nitrogens with two attached hydrogens (primary N) is 1. The van der Waals surface area contributed by atoms with Crippen molar-refractivity contribution in [2.24, 2.45) is 5.73 Å². The van der Waals surface area contributed by atoms with Gasteiger partial charge in [-0.05, 0) is 36.1 Å². The average Bonchev–Trinajstić information content (AvgIpc) is 2.17. The minimum atomic E-state index is 0.292. The van der Waals surface area contributed by atoms with Crippen molar-refractivity contribution in [1.29, 1.82) is 0 Å². The summed E-state index contributed by atoms with van der Waals surface area (Å²) < 4.78 is 4.96. The molecular weight excluding hydrogens is 178 g/mol. The van der Waals surface area contributed by atoms with Crippen LogP contribution in [-0.4, -0.2) is 18.8 Å². The van der Waals surface area contributed by atoms with Crippen LogP contribution in [0.3, 0.4) is 0 Å². The first-order valence-electron chi connectivity index (χ1n) is 4.77. The fourth-order valence-corrected chi connectivity index (χ4v) is 1.43. The van der Waals surface area contributed by atoms with Gasteiger partial charge in [0.2, 0.25) is 0 Å². The van der Waals surface area contributed by atoms with Gasteiger partial charge in [0.15, 0.2) is 0 Å². The van der Waals surface area contributed by atoms with Crippen molar-refractivity contribution in [2.45, 2.75) is 19.4 Å². The monoisotopic (exact) mass is 195 g/mol. The van der Waals surface area contributed by atoms with E-state index in [0.29, 0.717) is 12.3 Å². The smallest absolute Gasteiger partial charge is 0.116 e. The topological polar surface area (TPSA) is 55.5 Å². The van der Waals surface area contributed by atoms with Crippen LogP contribution >= 0.6 is 0 Å². The summed E-state index contributed by atoms with van der Waals surface area (Å²) in [5.74, 6) is 0.292. The lowest BCUT2D eigenvalue weighted by Crippen LogP contribution is -1.98.